The molecule has 1 heterocycles. The summed E-state index contributed by atoms with van der Waals surface area (Å²) >= 11 is 0. The van der Waals surface area contributed by atoms with Gasteiger partial charge in [-0.25, -0.2) is 0 Å². The molecule has 0 saturated heterocycles. The van der Waals surface area contributed by atoms with E-state index in [1.807, 2.05) is 36.4 Å². The predicted molar refractivity (Wildman–Crippen MR) is 75.8 cm³/mol. The number of methoxy groups -OCH3 is 1. The highest BCUT2D eigenvalue weighted by Crippen LogP contribution is 2.48. The van der Waals surface area contributed by atoms with Crippen molar-refractivity contribution in [3.05, 3.63) is 42.0 Å². The fourth-order valence-corrected chi connectivity index (χ4v) is 2.80. The van der Waals surface area contributed by atoms with Gasteiger partial charge in [-0.05, 0) is 18.1 Å². The van der Waals surface area contributed by atoms with Crippen molar-refractivity contribution in [3.8, 4) is 11.5 Å². The monoisotopic (exact) mass is 288 g/mol. The summed E-state index contributed by atoms with van der Waals surface area (Å²) in [5, 5.41) is 9.88. The van der Waals surface area contributed by atoms with Crippen molar-refractivity contribution >= 4 is 11.5 Å². The molecule has 5 heteroatoms. The van der Waals surface area contributed by atoms with Gasteiger partial charge in [-0.15, -0.1) is 0 Å². The molecule has 3 rings (SSSR count). The second-order valence-corrected chi connectivity index (χ2v) is 4.98. The van der Waals surface area contributed by atoms with Gasteiger partial charge in [0.25, 0.3) is 0 Å². The fourth-order valence-electron chi connectivity index (χ4n) is 2.80. The molecule has 110 valence electrons. The summed E-state index contributed by atoms with van der Waals surface area (Å²) in [6.45, 7) is -0.180. The number of aliphatic hydroxyl groups is 1. The number of aliphatic hydroxyl groups excluding tert-OH is 1. The molecule has 21 heavy (non-hydrogen) atoms. The average molecular weight is 288 g/mol. The number of ether oxygens (including phenoxy) is 3. The van der Waals surface area contributed by atoms with Crippen LogP contribution >= 0.6 is 0 Å². The van der Waals surface area contributed by atoms with Gasteiger partial charge in [0.05, 0.1) is 13.7 Å². The van der Waals surface area contributed by atoms with Gasteiger partial charge in [0.15, 0.2) is 11.5 Å². The lowest BCUT2D eigenvalue weighted by molar-refractivity contribution is -0.151. The lowest BCUT2D eigenvalue weighted by atomic mass is 9.72. The maximum Gasteiger partial charge on any atom is 0.318 e. The minimum Gasteiger partial charge on any atom is -0.468 e. The summed E-state index contributed by atoms with van der Waals surface area (Å²) in [6, 6.07) is 5.50. The van der Waals surface area contributed by atoms with Gasteiger partial charge in [0, 0.05) is 5.56 Å². The maximum atomic E-state index is 12.3. The van der Waals surface area contributed by atoms with Crippen molar-refractivity contribution in [1.82, 2.24) is 0 Å². The Kier molecular flexibility index (Phi) is 3.43. The van der Waals surface area contributed by atoms with Crippen molar-refractivity contribution in [2.24, 2.45) is 5.41 Å². The number of hydrogen-bond donors (Lipinski definition) is 1. The van der Waals surface area contributed by atoms with Crippen LogP contribution in [0, 0.1) is 5.41 Å². The Morgan fingerprint density at radius 2 is 2.29 bits per heavy atom. The van der Waals surface area contributed by atoms with E-state index < -0.39 is 11.4 Å². The number of carbonyl (C=O) groups excluding carboxylic acids is 1. The summed E-state index contributed by atoms with van der Waals surface area (Å²) in [7, 11) is 1.32. The molecule has 1 aromatic carbocycles. The molecule has 1 unspecified atom stereocenters. The van der Waals surface area contributed by atoms with Gasteiger partial charge in [-0.1, -0.05) is 30.4 Å². The minimum atomic E-state index is -1.11. The summed E-state index contributed by atoms with van der Waals surface area (Å²) in [4.78, 5) is 12.3. The average Bonchev–Trinajstić information content (AvgIpc) is 3.02. The highest BCUT2D eigenvalue weighted by atomic mass is 16.7. The zero-order valence-electron chi connectivity index (χ0n) is 11.7. The molecule has 1 aliphatic heterocycles. The molecule has 1 aromatic rings. The summed E-state index contributed by atoms with van der Waals surface area (Å²) in [5.74, 6) is 0.776. The van der Waals surface area contributed by atoms with Crippen LogP contribution in [0.15, 0.2) is 36.4 Å². The van der Waals surface area contributed by atoms with E-state index in [1.165, 1.54) is 7.11 Å². The van der Waals surface area contributed by atoms with E-state index in [1.54, 1.807) is 0 Å². The van der Waals surface area contributed by atoms with Crippen molar-refractivity contribution in [1.29, 1.82) is 0 Å². The molecule has 0 amide bonds. The van der Waals surface area contributed by atoms with Crippen LogP contribution < -0.4 is 9.47 Å². The highest BCUT2D eigenvalue weighted by molar-refractivity contribution is 5.96. The number of rotatable bonds is 3. The van der Waals surface area contributed by atoms with Gasteiger partial charge in [0.2, 0.25) is 6.79 Å². The standard InChI is InChI=1S/C16H16O5/c1-19-15(18)16(9-17)8-3-2-6-12(16)11-5-4-7-13-14(11)21-10-20-13/h2-7,17H,8-10H2,1H3. The first-order valence-corrected chi connectivity index (χ1v) is 6.68. The molecule has 0 bridgehead atoms. The molecular formula is C16H16O5. The molecular weight excluding hydrogens is 272 g/mol. The van der Waals surface area contributed by atoms with Crippen LogP contribution in [0.5, 0.6) is 11.5 Å². The Morgan fingerprint density at radius 1 is 1.43 bits per heavy atom. The molecule has 1 atom stereocenters. The van der Waals surface area contributed by atoms with Crippen LogP contribution in [0.3, 0.4) is 0 Å². The SMILES string of the molecule is COC(=O)C1(CO)CC=CC=C1c1cccc2c1OCO2. The Hall–Kier alpha value is -2.27. The summed E-state index contributed by atoms with van der Waals surface area (Å²) in [5.41, 5.74) is 0.320. The van der Waals surface area contributed by atoms with Gasteiger partial charge in [-0.3, -0.25) is 4.79 Å². The van der Waals surface area contributed by atoms with Crippen LogP contribution in [0.1, 0.15) is 12.0 Å². The number of esters is 1. The molecule has 5 nitrogen and oxygen atoms in total. The zero-order valence-corrected chi connectivity index (χ0v) is 11.7. The van der Waals surface area contributed by atoms with Crippen molar-refractivity contribution in [2.75, 3.05) is 20.5 Å². The highest BCUT2D eigenvalue weighted by Gasteiger charge is 2.44. The Labute approximate surface area is 122 Å². The number of fused-ring (bicyclic) bond motifs is 1. The van der Waals surface area contributed by atoms with Crippen LogP contribution in [0.4, 0.5) is 0 Å². The first kappa shape index (κ1) is 13.7. The smallest absolute Gasteiger partial charge is 0.318 e. The van der Waals surface area contributed by atoms with Crippen LogP contribution in [0.25, 0.3) is 5.57 Å². The Balaban J connectivity index is 2.15. The molecule has 0 spiro atoms. The minimum absolute atomic E-state index is 0.153. The van der Waals surface area contributed by atoms with Crippen LogP contribution in [-0.2, 0) is 9.53 Å². The van der Waals surface area contributed by atoms with E-state index in [2.05, 4.69) is 0 Å². The number of hydrogen-bond acceptors (Lipinski definition) is 5. The third-order valence-corrected chi connectivity index (χ3v) is 3.91. The van der Waals surface area contributed by atoms with Gasteiger partial charge in [-0.2, -0.15) is 0 Å². The first-order chi connectivity index (χ1) is 10.2. The van der Waals surface area contributed by atoms with E-state index in [-0.39, 0.29) is 13.4 Å². The Morgan fingerprint density at radius 3 is 3.05 bits per heavy atom. The maximum absolute atomic E-state index is 12.3. The van der Waals surface area contributed by atoms with Crippen LogP contribution in [0.2, 0.25) is 0 Å². The van der Waals surface area contributed by atoms with E-state index in [4.69, 9.17) is 14.2 Å². The van der Waals surface area contributed by atoms with Gasteiger partial charge >= 0.3 is 5.97 Å². The van der Waals surface area contributed by atoms with E-state index in [0.717, 1.165) is 5.56 Å². The predicted octanol–water partition coefficient (Wildman–Crippen LogP) is 1.91. The van der Waals surface area contributed by atoms with Crippen molar-refractivity contribution < 1.29 is 24.1 Å². The van der Waals surface area contributed by atoms with Crippen molar-refractivity contribution in [3.63, 3.8) is 0 Å². The topological polar surface area (TPSA) is 65.0 Å². The quantitative estimate of drug-likeness (QED) is 0.861. The fraction of sp³-hybridized carbons (Fsp3) is 0.312. The number of para-hydroxylation sites is 1. The van der Waals surface area contributed by atoms with Crippen LogP contribution in [-0.4, -0.2) is 31.6 Å². The Bertz CT molecular complexity index is 632. The van der Waals surface area contributed by atoms with Gasteiger partial charge < -0.3 is 19.3 Å². The molecule has 1 aliphatic carbocycles. The molecule has 0 aromatic heterocycles. The third-order valence-electron chi connectivity index (χ3n) is 3.91. The normalized spacial score (nSPS) is 22.9. The number of benzene rings is 1. The molecule has 0 fully saturated rings. The first-order valence-electron chi connectivity index (χ1n) is 6.68. The summed E-state index contributed by atoms with van der Waals surface area (Å²) < 4.78 is 15.8. The zero-order chi connectivity index (χ0) is 14.9. The van der Waals surface area contributed by atoms with Gasteiger partial charge in [0.1, 0.15) is 5.41 Å². The van der Waals surface area contributed by atoms with E-state index in [0.29, 0.717) is 23.5 Å². The van der Waals surface area contributed by atoms with E-state index >= 15 is 0 Å². The summed E-state index contributed by atoms with van der Waals surface area (Å²) in [6.07, 6.45) is 5.90. The second-order valence-electron chi connectivity index (χ2n) is 4.98. The van der Waals surface area contributed by atoms with E-state index in [9.17, 15) is 9.90 Å². The third kappa shape index (κ3) is 2.01. The van der Waals surface area contributed by atoms with Crippen molar-refractivity contribution in [2.45, 2.75) is 6.42 Å². The second kappa shape index (κ2) is 5.26. The lowest BCUT2D eigenvalue weighted by Crippen LogP contribution is -2.38. The molecule has 0 radical (unpaired) electrons. The lowest BCUT2D eigenvalue weighted by Gasteiger charge is -2.33. The molecule has 2 aliphatic rings. The molecule has 1 N–H and O–H groups in total. The largest absolute Gasteiger partial charge is 0.468 e. The molecule has 0 saturated carbocycles. The number of carbonyl (C=O) groups is 1. The number of allylic oxidation sites excluding steroid dienone is 3.